The maximum absolute atomic E-state index is 11.2. The summed E-state index contributed by atoms with van der Waals surface area (Å²) in [4.78, 5) is 13.8. The molecule has 1 aliphatic heterocycles. The molecule has 0 unspecified atom stereocenters. The van der Waals surface area contributed by atoms with E-state index in [0.717, 1.165) is 32.0 Å². The highest BCUT2D eigenvalue weighted by molar-refractivity contribution is 5.78. The fourth-order valence-corrected chi connectivity index (χ4v) is 2.48. The number of nitrogens with zero attached hydrogens (tertiary/aromatic N) is 1. The van der Waals surface area contributed by atoms with Crippen LogP contribution in [-0.4, -0.2) is 29.8 Å². The Kier molecular flexibility index (Phi) is 4.59. The highest BCUT2D eigenvalue weighted by atomic mass is 16.1. The van der Waals surface area contributed by atoms with Crippen LogP contribution in [0.1, 0.15) is 46.5 Å². The first-order chi connectivity index (χ1) is 6.69. The molecule has 0 bridgehead atoms. The van der Waals surface area contributed by atoms with E-state index in [1.54, 1.807) is 6.92 Å². The van der Waals surface area contributed by atoms with E-state index in [1.807, 2.05) is 0 Å². The topological polar surface area (TPSA) is 20.3 Å². The van der Waals surface area contributed by atoms with Crippen LogP contribution in [0, 0.1) is 5.92 Å². The van der Waals surface area contributed by atoms with Gasteiger partial charge in [-0.15, -0.1) is 0 Å². The van der Waals surface area contributed by atoms with Gasteiger partial charge in [-0.2, -0.15) is 0 Å². The predicted molar refractivity (Wildman–Crippen MR) is 59.3 cm³/mol. The summed E-state index contributed by atoms with van der Waals surface area (Å²) < 4.78 is 0. The second-order valence-corrected chi connectivity index (χ2v) is 4.39. The molecule has 0 aromatic carbocycles. The molecule has 0 spiro atoms. The van der Waals surface area contributed by atoms with Gasteiger partial charge in [0.15, 0.2) is 0 Å². The van der Waals surface area contributed by atoms with E-state index < -0.39 is 0 Å². The van der Waals surface area contributed by atoms with Gasteiger partial charge in [-0.05, 0) is 45.7 Å². The van der Waals surface area contributed by atoms with Crippen LogP contribution in [0.4, 0.5) is 0 Å². The molecule has 0 amide bonds. The number of rotatable bonds is 4. The van der Waals surface area contributed by atoms with Crippen LogP contribution >= 0.6 is 0 Å². The summed E-state index contributed by atoms with van der Waals surface area (Å²) in [7, 11) is 0. The lowest BCUT2D eigenvalue weighted by Gasteiger charge is -2.36. The molecule has 0 aromatic rings. The van der Waals surface area contributed by atoms with Gasteiger partial charge in [-0.25, -0.2) is 0 Å². The Morgan fingerprint density at radius 1 is 1.29 bits per heavy atom. The van der Waals surface area contributed by atoms with Crippen molar-refractivity contribution in [3.63, 3.8) is 0 Å². The second-order valence-electron chi connectivity index (χ2n) is 4.39. The average molecular weight is 197 g/mol. The molecule has 1 rings (SSSR count). The van der Waals surface area contributed by atoms with Gasteiger partial charge in [0, 0.05) is 12.0 Å². The summed E-state index contributed by atoms with van der Waals surface area (Å²) in [6.45, 7) is 8.49. The molecule has 0 saturated carbocycles. The number of carbonyl (C=O) groups excluding carboxylic acids is 1. The molecule has 1 heterocycles. The third-order valence-corrected chi connectivity index (χ3v) is 3.56. The van der Waals surface area contributed by atoms with Crippen molar-refractivity contribution in [3.8, 4) is 0 Å². The standard InChI is InChI=1S/C12H23NO/c1-4-12(5-2)13-8-6-11(7-9-13)10(3)14/h11-12H,4-9H2,1-3H3. The molecule has 0 radical (unpaired) electrons. The first kappa shape index (κ1) is 11.7. The number of likely N-dealkylation sites (tertiary alicyclic amines) is 1. The molecular weight excluding hydrogens is 174 g/mol. The third-order valence-electron chi connectivity index (χ3n) is 3.56. The van der Waals surface area contributed by atoms with E-state index in [4.69, 9.17) is 0 Å². The number of piperidine rings is 1. The third kappa shape index (κ3) is 2.81. The van der Waals surface area contributed by atoms with Crippen LogP contribution in [0.5, 0.6) is 0 Å². The average Bonchev–Trinajstić information content (AvgIpc) is 2.20. The lowest BCUT2D eigenvalue weighted by Crippen LogP contribution is -2.42. The monoisotopic (exact) mass is 197 g/mol. The van der Waals surface area contributed by atoms with Crippen LogP contribution in [-0.2, 0) is 4.79 Å². The minimum Gasteiger partial charge on any atom is -0.300 e. The fraction of sp³-hybridized carbons (Fsp3) is 0.917. The Hall–Kier alpha value is -0.370. The zero-order valence-electron chi connectivity index (χ0n) is 9.75. The molecule has 1 fully saturated rings. The zero-order chi connectivity index (χ0) is 10.6. The number of hydrogen-bond donors (Lipinski definition) is 0. The zero-order valence-corrected chi connectivity index (χ0v) is 9.75. The van der Waals surface area contributed by atoms with Crippen molar-refractivity contribution in [2.45, 2.75) is 52.5 Å². The van der Waals surface area contributed by atoms with Crippen LogP contribution < -0.4 is 0 Å². The molecule has 2 nitrogen and oxygen atoms in total. The van der Waals surface area contributed by atoms with Crippen molar-refractivity contribution < 1.29 is 4.79 Å². The maximum atomic E-state index is 11.2. The number of carbonyl (C=O) groups is 1. The van der Waals surface area contributed by atoms with Crippen molar-refractivity contribution in [2.75, 3.05) is 13.1 Å². The highest BCUT2D eigenvalue weighted by Crippen LogP contribution is 2.21. The molecule has 1 saturated heterocycles. The van der Waals surface area contributed by atoms with E-state index in [1.165, 1.54) is 12.8 Å². The fourth-order valence-electron chi connectivity index (χ4n) is 2.48. The van der Waals surface area contributed by atoms with Crippen molar-refractivity contribution >= 4 is 5.78 Å². The Bertz CT molecular complexity index is 179. The van der Waals surface area contributed by atoms with Crippen molar-refractivity contribution in [1.29, 1.82) is 0 Å². The van der Waals surface area contributed by atoms with Crippen molar-refractivity contribution in [2.24, 2.45) is 5.92 Å². The molecule has 82 valence electrons. The van der Waals surface area contributed by atoms with E-state index in [9.17, 15) is 4.79 Å². The summed E-state index contributed by atoms with van der Waals surface area (Å²) in [6.07, 6.45) is 4.63. The van der Waals surface area contributed by atoms with Gasteiger partial charge in [0.25, 0.3) is 0 Å². The Morgan fingerprint density at radius 2 is 1.79 bits per heavy atom. The summed E-state index contributed by atoms with van der Waals surface area (Å²) in [5, 5.41) is 0. The molecule has 14 heavy (non-hydrogen) atoms. The summed E-state index contributed by atoms with van der Waals surface area (Å²) >= 11 is 0. The summed E-state index contributed by atoms with van der Waals surface area (Å²) in [6, 6.07) is 0.739. The SMILES string of the molecule is CCC(CC)N1CCC(C(C)=O)CC1. The molecule has 0 atom stereocenters. The van der Waals surface area contributed by atoms with Gasteiger partial charge >= 0.3 is 0 Å². The Morgan fingerprint density at radius 3 is 2.14 bits per heavy atom. The van der Waals surface area contributed by atoms with E-state index in [-0.39, 0.29) is 0 Å². The smallest absolute Gasteiger partial charge is 0.133 e. The van der Waals surface area contributed by atoms with Gasteiger partial charge in [-0.1, -0.05) is 13.8 Å². The van der Waals surface area contributed by atoms with Crippen LogP contribution in [0.3, 0.4) is 0 Å². The molecule has 1 aliphatic rings. The van der Waals surface area contributed by atoms with E-state index in [2.05, 4.69) is 18.7 Å². The Balaban J connectivity index is 2.38. The van der Waals surface area contributed by atoms with Crippen molar-refractivity contribution in [1.82, 2.24) is 4.90 Å². The van der Waals surface area contributed by atoms with Crippen LogP contribution in [0.15, 0.2) is 0 Å². The number of ketones is 1. The first-order valence-electron chi connectivity index (χ1n) is 5.93. The minimum absolute atomic E-state index is 0.348. The largest absolute Gasteiger partial charge is 0.300 e. The van der Waals surface area contributed by atoms with Gasteiger partial charge < -0.3 is 4.90 Å². The quantitative estimate of drug-likeness (QED) is 0.690. The first-order valence-corrected chi connectivity index (χ1v) is 5.93. The van der Waals surface area contributed by atoms with Crippen molar-refractivity contribution in [3.05, 3.63) is 0 Å². The van der Waals surface area contributed by atoms with Gasteiger partial charge in [0.1, 0.15) is 5.78 Å². The predicted octanol–water partition coefficient (Wildman–Crippen LogP) is 2.48. The van der Waals surface area contributed by atoms with E-state index >= 15 is 0 Å². The molecule has 0 aliphatic carbocycles. The van der Waals surface area contributed by atoms with Gasteiger partial charge in [0.2, 0.25) is 0 Å². The molecular formula is C12H23NO. The maximum Gasteiger partial charge on any atom is 0.133 e. The van der Waals surface area contributed by atoms with Crippen LogP contribution in [0.2, 0.25) is 0 Å². The number of Topliss-reactive ketones (excluding diaryl/α,β-unsaturated/α-hetero) is 1. The lowest BCUT2D eigenvalue weighted by molar-refractivity contribution is -0.122. The Labute approximate surface area is 87.7 Å². The van der Waals surface area contributed by atoms with Gasteiger partial charge in [-0.3, -0.25) is 4.79 Å². The molecule has 0 aromatic heterocycles. The molecule has 2 heteroatoms. The van der Waals surface area contributed by atoms with Gasteiger partial charge in [0.05, 0.1) is 0 Å². The van der Waals surface area contributed by atoms with E-state index in [0.29, 0.717) is 11.7 Å². The normalized spacial score (nSPS) is 20.3. The number of hydrogen-bond acceptors (Lipinski definition) is 2. The second kappa shape index (κ2) is 5.50. The minimum atomic E-state index is 0.348. The highest BCUT2D eigenvalue weighted by Gasteiger charge is 2.25. The summed E-state index contributed by atoms with van der Waals surface area (Å²) in [5.74, 6) is 0.731. The summed E-state index contributed by atoms with van der Waals surface area (Å²) in [5.41, 5.74) is 0. The molecule has 0 N–H and O–H groups in total. The lowest BCUT2D eigenvalue weighted by atomic mass is 9.92. The van der Waals surface area contributed by atoms with Crippen LogP contribution in [0.25, 0.3) is 0 Å².